The standard InChI is InChI=1S/C13H11BrClN3O/c1-7-5-9(6-8(2)12(7)14)16-13(19)10-3-4-11(15)18-17-10/h3-6H,1-2H3,(H,16,19). The number of amides is 1. The van der Waals surface area contributed by atoms with Crippen molar-refractivity contribution in [2.75, 3.05) is 5.32 Å². The van der Waals surface area contributed by atoms with Crippen LogP contribution in [0.15, 0.2) is 28.7 Å². The zero-order valence-corrected chi connectivity index (χ0v) is 12.7. The van der Waals surface area contributed by atoms with Crippen LogP contribution in [0.2, 0.25) is 5.15 Å². The lowest BCUT2D eigenvalue weighted by Gasteiger charge is -2.09. The van der Waals surface area contributed by atoms with E-state index in [1.165, 1.54) is 12.1 Å². The van der Waals surface area contributed by atoms with Gasteiger partial charge in [-0.2, -0.15) is 0 Å². The molecule has 19 heavy (non-hydrogen) atoms. The van der Waals surface area contributed by atoms with E-state index in [9.17, 15) is 4.79 Å². The lowest BCUT2D eigenvalue weighted by Crippen LogP contribution is -2.14. The van der Waals surface area contributed by atoms with Crippen LogP contribution >= 0.6 is 27.5 Å². The van der Waals surface area contributed by atoms with Crippen LogP contribution in [-0.2, 0) is 0 Å². The van der Waals surface area contributed by atoms with E-state index >= 15 is 0 Å². The smallest absolute Gasteiger partial charge is 0.276 e. The molecule has 0 spiro atoms. The number of nitrogens with zero attached hydrogens (tertiary/aromatic N) is 2. The molecule has 4 nitrogen and oxygen atoms in total. The van der Waals surface area contributed by atoms with Crippen molar-refractivity contribution >= 4 is 39.1 Å². The number of aromatic nitrogens is 2. The summed E-state index contributed by atoms with van der Waals surface area (Å²) >= 11 is 9.11. The first-order valence-corrected chi connectivity index (χ1v) is 6.72. The Balaban J connectivity index is 2.22. The fourth-order valence-corrected chi connectivity index (χ4v) is 1.98. The van der Waals surface area contributed by atoms with Crippen LogP contribution in [0, 0.1) is 13.8 Å². The van der Waals surface area contributed by atoms with Crippen molar-refractivity contribution in [1.29, 1.82) is 0 Å². The van der Waals surface area contributed by atoms with Gasteiger partial charge in [0.25, 0.3) is 5.91 Å². The molecule has 0 radical (unpaired) electrons. The summed E-state index contributed by atoms with van der Waals surface area (Å²) in [5, 5.41) is 10.4. The number of anilines is 1. The Kier molecular flexibility index (Phi) is 4.17. The molecular formula is C13H11BrClN3O. The second-order valence-electron chi connectivity index (χ2n) is 4.12. The summed E-state index contributed by atoms with van der Waals surface area (Å²) in [7, 11) is 0. The maximum absolute atomic E-state index is 12.0. The lowest BCUT2D eigenvalue weighted by atomic mass is 10.1. The Morgan fingerprint density at radius 2 is 1.84 bits per heavy atom. The topological polar surface area (TPSA) is 54.9 Å². The van der Waals surface area contributed by atoms with Crippen LogP contribution in [0.25, 0.3) is 0 Å². The summed E-state index contributed by atoms with van der Waals surface area (Å²) < 4.78 is 1.04. The van der Waals surface area contributed by atoms with Gasteiger partial charge < -0.3 is 5.32 Å². The van der Waals surface area contributed by atoms with Crippen molar-refractivity contribution < 1.29 is 4.79 Å². The van der Waals surface area contributed by atoms with Gasteiger partial charge in [-0.05, 0) is 49.2 Å². The number of hydrogen-bond donors (Lipinski definition) is 1. The van der Waals surface area contributed by atoms with E-state index in [4.69, 9.17) is 11.6 Å². The van der Waals surface area contributed by atoms with Crippen molar-refractivity contribution in [1.82, 2.24) is 10.2 Å². The number of nitrogens with one attached hydrogen (secondary N) is 1. The van der Waals surface area contributed by atoms with Gasteiger partial charge in [0, 0.05) is 10.2 Å². The number of halogens is 2. The van der Waals surface area contributed by atoms with E-state index in [-0.39, 0.29) is 16.8 Å². The second kappa shape index (κ2) is 5.67. The first-order chi connectivity index (χ1) is 8.97. The summed E-state index contributed by atoms with van der Waals surface area (Å²) in [4.78, 5) is 12.0. The molecule has 0 aliphatic carbocycles. The molecule has 0 atom stereocenters. The van der Waals surface area contributed by atoms with Crippen LogP contribution in [0.4, 0.5) is 5.69 Å². The van der Waals surface area contributed by atoms with Crippen molar-refractivity contribution in [2.24, 2.45) is 0 Å². The fourth-order valence-electron chi connectivity index (χ4n) is 1.65. The summed E-state index contributed by atoms with van der Waals surface area (Å²) in [5.74, 6) is -0.315. The Hall–Kier alpha value is -1.46. The van der Waals surface area contributed by atoms with Gasteiger partial charge in [-0.3, -0.25) is 4.79 Å². The van der Waals surface area contributed by atoms with Crippen molar-refractivity contribution in [3.8, 4) is 0 Å². The molecular weight excluding hydrogens is 330 g/mol. The van der Waals surface area contributed by atoms with E-state index < -0.39 is 0 Å². The van der Waals surface area contributed by atoms with E-state index in [2.05, 4.69) is 31.4 Å². The SMILES string of the molecule is Cc1cc(NC(=O)c2ccc(Cl)nn2)cc(C)c1Br. The third-order valence-corrected chi connectivity index (χ3v) is 4.01. The van der Waals surface area contributed by atoms with Gasteiger partial charge in [-0.25, -0.2) is 0 Å². The summed E-state index contributed by atoms with van der Waals surface area (Å²) in [6.45, 7) is 3.93. The molecule has 2 aromatic rings. The molecule has 1 aromatic carbocycles. The van der Waals surface area contributed by atoms with Crippen LogP contribution in [0.1, 0.15) is 21.6 Å². The Morgan fingerprint density at radius 1 is 1.21 bits per heavy atom. The number of aryl methyl sites for hydroxylation is 2. The molecule has 0 aliphatic rings. The highest BCUT2D eigenvalue weighted by atomic mass is 79.9. The predicted molar refractivity (Wildman–Crippen MR) is 78.6 cm³/mol. The summed E-state index contributed by atoms with van der Waals surface area (Å²) in [6, 6.07) is 6.83. The average Bonchev–Trinajstić information content (AvgIpc) is 2.36. The van der Waals surface area contributed by atoms with Gasteiger partial charge in [0.05, 0.1) is 0 Å². The molecule has 0 unspecified atom stereocenters. The van der Waals surface area contributed by atoms with E-state index in [0.717, 1.165) is 21.3 Å². The van der Waals surface area contributed by atoms with Crippen molar-refractivity contribution in [3.05, 3.63) is 50.7 Å². The quantitative estimate of drug-likeness (QED) is 0.905. The minimum Gasteiger partial charge on any atom is -0.321 e. The molecule has 1 heterocycles. The minimum atomic E-state index is -0.315. The average molecular weight is 341 g/mol. The number of carbonyl (C=O) groups excluding carboxylic acids is 1. The lowest BCUT2D eigenvalue weighted by molar-refractivity contribution is 0.102. The van der Waals surface area contributed by atoms with Gasteiger partial charge in [0.2, 0.25) is 0 Å². The molecule has 0 bridgehead atoms. The maximum Gasteiger partial charge on any atom is 0.276 e. The number of benzene rings is 1. The van der Waals surface area contributed by atoms with Gasteiger partial charge in [-0.1, -0.05) is 27.5 Å². The van der Waals surface area contributed by atoms with Gasteiger partial charge in [-0.15, -0.1) is 10.2 Å². The predicted octanol–water partition coefficient (Wildman–Crippen LogP) is 3.76. The molecule has 6 heteroatoms. The highest BCUT2D eigenvalue weighted by Gasteiger charge is 2.10. The van der Waals surface area contributed by atoms with Gasteiger partial charge >= 0.3 is 0 Å². The molecule has 0 fully saturated rings. The molecule has 2 rings (SSSR count). The number of rotatable bonds is 2. The number of hydrogen-bond acceptors (Lipinski definition) is 3. The largest absolute Gasteiger partial charge is 0.321 e. The molecule has 0 saturated heterocycles. The van der Waals surface area contributed by atoms with E-state index in [1.807, 2.05) is 26.0 Å². The third-order valence-electron chi connectivity index (χ3n) is 2.56. The van der Waals surface area contributed by atoms with Crippen LogP contribution in [0.5, 0.6) is 0 Å². The molecule has 1 N–H and O–H groups in total. The third kappa shape index (κ3) is 3.30. The molecule has 98 valence electrons. The van der Waals surface area contributed by atoms with E-state index in [0.29, 0.717) is 0 Å². The molecule has 0 aliphatic heterocycles. The Labute approximate surface area is 124 Å². The molecule has 0 saturated carbocycles. The second-order valence-corrected chi connectivity index (χ2v) is 5.30. The van der Waals surface area contributed by atoms with Crippen molar-refractivity contribution in [2.45, 2.75) is 13.8 Å². The zero-order chi connectivity index (χ0) is 14.0. The summed E-state index contributed by atoms with van der Waals surface area (Å²) in [5.41, 5.74) is 3.05. The Morgan fingerprint density at radius 3 is 2.37 bits per heavy atom. The number of carbonyl (C=O) groups is 1. The molecule has 1 amide bonds. The first kappa shape index (κ1) is 14.0. The Bertz CT molecular complexity index is 605. The summed E-state index contributed by atoms with van der Waals surface area (Å²) in [6.07, 6.45) is 0. The molecule has 1 aromatic heterocycles. The normalized spacial score (nSPS) is 10.3. The van der Waals surface area contributed by atoms with Crippen LogP contribution < -0.4 is 5.32 Å². The zero-order valence-electron chi connectivity index (χ0n) is 10.4. The van der Waals surface area contributed by atoms with Crippen LogP contribution in [0.3, 0.4) is 0 Å². The van der Waals surface area contributed by atoms with Crippen molar-refractivity contribution in [3.63, 3.8) is 0 Å². The highest BCUT2D eigenvalue weighted by Crippen LogP contribution is 2.25. The monoisotopic (exact) mass is 339 g/mol. The van der Waals surface area contributed by atoms with Gasteiger partial charge in [0.15, 0.2) is 10.8 Å². The van der Waals surface area contributed by atoms with Gasteiger partial charge in [0.1, 0.15) is 0 Å². The minimum absolute atomic E-state index is 0.225. The maximum atomic E-state index is 12.0. The fraction of sp³-hybridized carbons (Fsp3) is 0.154. The first-order valence-electron chi connectivity index (χ1n) is 5.54. The van der Waals surface area contributed by atoms with E-state index in [1.54, 1.807) is 0 Å². The van der Waals surface area contributed by atoms with Crippen LogP contribution in [-0.4, -0.2) is 16.1 Å². The highest BCUT2D eigenvalue weighted by molar-refractivity contribution is 9.10.